The van der Waals surface area contributed by atoms with Crippen molar-refractivity contribution in [1.82, 2.24) is 0 Å². The number of anilines is 1. The molecule has 0 radical (unpaired) electrons. The van der Waals surface area contributed by atoms with Gasteiger partial charge in [-0.25, -0.2) is 4.39 Å². The summed E-state index contributed by atoms with van der Waals surface area (Å²) < 4.78 is 13.5. The van der Waals surface area contributed by atoms with E-state index >= 15 is 0 Å². The van der Waals surface area contributed by atoms with Crippen molar-refractivity contribution in [3.8, 4) is 5.75 Å². The minimum absolute atomic E-state index is 0.0886. The number of aromatic hydroxyl groups is 1. The Morgan fingerprint density at radius 3 is 2.44 bits per heavy atom. The van der Waals surface area contributed by atoms with Crippen LogP contribution in [0.2, 0.25) is 5.02 Å². The molecule has 2 N–H and O–H groups in total. The quantitative estimate of drug-likeness (QED) is 0.817. The van der Waals surface area contributed by atoms with E-state index in [1.807, 2.05) is 0 Å². The molecule has 0 aliphatic carbocycles. The molecule has 0 saturated carbocycles. The number of benzene rings is 2. The molecule has 92 valence electrons. The van der Waals surface area contributed by atoms with Crippen molar-refractivity contribution in [2.24, 2.45) is 0 Å². The molecular formula is C13H9ClFNO2. The van der Waals surface area contributed by atoms with Gasteiger partial charge in [0.05, 0.1) is 5.56 Å². The second-order valence-electron chi connectivity index (χ2n) is 3.63. The van der Waals surface area contributed by atoms with Gasteiger partial charge in [-0.05, 0) is 42.5 Å². The lowest BCUT2D eigenvalue weighted by atomic mass is 10.2. The van der Waals surface area contributed by atoms with Gasteiger partial charge in [-0.3, -0.25) is 4.79 Å². The summed E-state index contributed by atoms with van der Waals surface area (Å²) in [6.07, 6.45) is 0. The van der Waals surface area contributed by atoms with Crippen LogP contribution in [-0.4, -0.2) is 11.0 Å². The lowest BCUT2D eigenvalue weighted by Crippen LogP contribution is -2.13. The molecule has 0 fully saturated rings. The van der Waals surface area contributed by atoms with Gasteiger partial charge >= 0.3 is 0 Å². The normalized spacial score (nSPS) is 10.1. The van der Waals surface area contributed by atoms with Crippen molar-refractivity contribution in [2.45, 2.75) is 0 Å². The topological polar surface area (TPSA) is 49.3 Å². The molecule has 0 heterocycles. The molecule has 0 spiro atoms. The van der Waals surface area contributed by atoms with Crippen LogP contribution in [0, 0.1) is 5.82 Å². The van der Waals surface area contributed by atoms with E-state index in [0.29, 0.717) is 5.69 Å². The number of carbonyl (C=O) groups is 1. The Morgan fingerprint density at radius 1 is 1.17 bits per heavy atom. The van der Waals surface area contributed by atoms with E-state index in [4.69, 9.17) is 16.7 Å². The summed E-state index contributed by atoms with van der Waals surface area (Å²) in [6.45, 7) is 0. The lowest BCUT2D eigenvalue weighted by Gasteiger charge is -2.06. The van der Waals surface area contributed by atoms with Gasteiger partial charge in [0.15, 0.2) is 0 Å². The fourth-order valence-electron chi connectivity index (χ4n) is 1.42. The number of nitrogens with one attached hydrogen (secondary N) is 1. The number of amides is 1. The average molecular weight is 266 g/mol. The van der Waals surface area contributed by atoms with Crippen molar-refractivity contribution in [3.63, 3.8) is 0 Å². The third kappa shape index (κ3) is 2.78. The number of phenols is 1. The first-order valence-corrected chi connectivity index (χ1v) is 5.49. The molecular weight excluding hydrogens is 257 g/mol. The molecule has 0 aliphatic heterocycles. The standard InChI is InChI=1S/C13H9ClFNO2/c14-8-1-6-11(12(15)7-8)13(18)16-9-2-4-10(17)5-3-9/h1-7,17H,(H,16,18). The molecule has 2 aromatic carbocycles. The third-order valence-corrected chi connectivity index (χ3v) is 2.54. The summed E-state index contributed by atoms with van der Waals surface area (Å²) in [5, 5.41) is 11.8. The number of halogens is 2. The molecule has 3 nitrogen and oxygen atoms in total. The lowest BCUT2D eigenvalue weighted by molar-refractivity contribution is 0.102. The van der Waals surface area contributed by atoms with Crippen molar-refractivity contribution in [3.05, 3.63) is 58.9 Å². The minimum Gasteiger partial charge on any atom is -0.508 e. The molecule has 1 amide bonds. The maximum atomic E-state index is 13.5. The van der Waals surface area contributed by atoms with Gasteiger partial charge in [-0.2, -0.15) is 0 Å². The Kier molecular flexibility index (Phi) is 3.48. The summed E-state index contributed by atoms with van der Waals surface area (Å²) >= 11 is 5.60. The van der Waals surface area contributed by atoms with Crippen molar-refractivity contribution in [2.75, 3.05) is 5.32 Å². The van der Waals surface area contributed by atoms with Crippen LogP contribution in [0.1, 0.15) is 10.4 Å². The van der Waals surface area contributed by atoms with Crippen molar-refractivity contribution >= 4 is 23.2 Å². The second-order valence-corrected chi connectivity index (χ2v) is 4.06. The van der Waals surface area contributed by atoms with Crippen LogP contribution in [-0.2, 0) is 0 Å². The summed E-state index contributed by atoms with van der Waals surface area (Å²) in [4.78, 5) is 11.8. The molecule has 0 aromatic heterocycles. The van der Waals surface area contributed by atoms with Crippen LogP contribution in [0.15, 0.2) is 42.5 Å². The molecule has 2 rings (SSSR count). The molecule has 0 saturated heterocycles. The first-order valence-electron chi connectivity index (χ1n) is 5.12. The summed E-state index contributed by atoms with van der Waals surface area (Å²) in [7, 11) is 0. The Labute approximate surface area is 108 Å². The Bertz CT molecular complexity index is 584. The number of hydrogen-bond donors (Lipinski definition) is 2. The van der Waals surface area contributed by atoms with Crippen molar-refractivity contribution < 1.29 is 14.3 Å². The fourth-order valence-corrected chi connectivity index (χ4v) is 1.58. The van der Waals surface area contributed by atoms with Gasteiger partial charge in [-0.1, -0.05) is 11.6 Å². The molecule has 18 heavy (non-hydrogen) atoms. The number of phenolic OH excluding ortho intramolecular Hbond substituents is 1. The zero-order chi connectivity index (χ0) is 13.1. The fraction of sp³-hybridized carbons (Fsp3) is 0. The molecule has 5 heteroatoms. The highest BCUT2D eigenvalue weighted by atomic mass is 35.5. The van der Waals surface area contributed by atoms with Crippen LogP contribution in [0.3, 0.4) is 0 Å². The molecule has 0 atom stereocenters. The van der Waals surface area contributed by atoms with E-state index in [0.717, 1.165) is 6.07 Å². The smallest absolute Gasteiger partial charge is 0.258 e. The molecule has 0 unspecified atom stereocenters. The van der Waals surface area contributed by atoms with E-state index in [9.17, 15) is 9.18 Å². The van der Waals surface area contributed by atoms with E-state index in [2.05, 4.69) is 5.32 Å². The predicted octanol–water partition coefficient (Wildman–Crippen LogP) is 3.44. The predicted molar refractivity (Wildman–Crippen MR) is 67.5 cm³/mol. The Hall–Kier alpha value is -2.07. The third-order valence-electron chi connectivity index (χ3n) is 2.30. The van der Waals surface area contributed by atoms with Gasteiger partial charge < -0.3 is 10.4 Å². The summed E-state index contributed by atoms with van der Waals surface area (Å²) in [6, 6.07) is 9.71. The zero-order valence-corrected chi connectivity index (χ0v) is 9.91. The second kappa shape index (κ2) is 5.06. The molecule has 0 bridgehead atoms. The first kappa shape index (κ1) is 12.4. The number of rotatable bonds is 2. The highest BCUT2D eigenvalue weighted by Crippen LogP contribution is 2.18. The number of carbonyl (C=O) groups excluding carboxylic acids is 1. The minimum atomic E-state index is -0.682. The van der Waals surface area contributed by atoms with Gasteiger partial charge in [0, 0.05) is 10.7 Å². The van der Waals surface area contributed by atoms with E-state index < -0.39 is 11.7 Å². The van der Waals surface area contributed by atoms with Crippen LogP contribution in [0.4, 0.5) is 10.1 Å². The van der Waals surface area contributed by atoms with Gasteiger partial charge in [0.25, 0.3) is 5.91 Å². The maximum absolute atomic E-state index is 13.5. The largest absolute Gasteiger partial charge is 0.508 e. The highest BCUT2D eigenvalue weighted by Gasteiger charge is 2.12. The average Bonchev–Trinajstić information content (AvgIpc) is 2.32. The molecule has 2 aromatic rings. The van der Waals surface area contributed by atoms with Gasteiger partial charge in [-0.15, -0.1) is 0 Å². The first-order chi connectivity index (χ1) is 8.56. The Balaban J connectivity index is 2.19. The van der Waals surface area contributed by atoms with E-state index in [-0.39, 0.29) is 16.3 Å². The zero-order valence-electron chi connectivity index (χ0n) is 9.15. The van der Waals surface area contributed by atoms with E-state index in [1.54, 1.807) is 0 Å². The van der Waals surface area contributed by atoms with Crippen molar-refractivity contribution in [1.29, 1.82) is 0 Å². The SMILES string of the molecule is O=C(Nc1ccc(O)cc1)c1ccc(Cl)cc1F. The molecule has 0 aliphatic rings. The van der Waals surface area contributed by atoms with Crippen LogP contribution >= 0.6 is 11.6 Å². The van der Waals surface area contributed by atoms with Crippen LogP contribution < -0.4 is 5.32 Å². The maximum Gasteiger partial charge on any atom is 0.258 e. The van der Waals surface area contributed by atoms with Crippen LogP contribution in [0.25, 0.3) is 0 Å². The summed E-state index contributed by atoms with van der Waals surface area (Å²) in [5.41, 5.74) is 0.375. The van der Waals surface area contributed by atoms with Gasteiger partial charge in [0.1, 0.15) is 11.6 Å². The van der Waals surface area contributed by atoms with E-state index in [1.165, 1.54) is 36.4 Å². The Morgan fingerprint density at radius 2 is 1.83 bits per heavy atom. The summed E-state index contributed by atoms with van der Waals surface area (Å²) in [5.74, 6) is -1.17. The van der Waals surface area contributed by atoms with Crippen LogP contribution in [0.5, 0.6) is 5.75 Å². The highest BCUT2D eigenvalue weighted by molar-refractivity contribution is 6.30. The number of hydrogen-bond acceptors (Lipinski definition) is 2. The monoisotopic (exact) mass is 265 g/mol. The van der Waals surface area contributed by atoms with Gasteiger partial charge in [0.2, 0.25) is 0 Å².